The standard InChI is InChI=1S/C21H27N3O5/c1-14(2)12-24-20(27)16-6-5-15(11-17(16)21(24)28)19(26)23-8-4-7-22(9-10-23)18(25)13-29-3/h5-6,11,14H,4,7-10,12-13H2,1-3H3. The van der Waals surface area contributed by atoms with Crippen LogP contribution in [-0.4, -0.2) is 84.8 Å². The smallest absolute Gasteiger partial charge is 0.261 e. The highest BCUT2D eigenvalue weighted by molar-refractivity contribution is 6.22. The molecule has 8 heteroatoms. The first-order valence-corrected chi connectivity index (χ1v) is 9.89. The zero-order valence-corrected chi connectivity index (χ0v) is 17.1. The molecular formula is C21H27N3O5. The Bertz CT molecular complexity index is 836. The third-order valence-corrected chi connectivity index (χ3v) is 5.17. The number of amides is 4. The maximum atomic E-state index is 13.0. The minimum atomic E-state index is -0.347. The van der Waals surface area contributed by atoms with Crippen LogP contribution in [0.25, 0.3) is 0 Å². The zero-order valence-electron chi connectivity index (χ0n) is 17.1. The van der Waals surface area contributed by atoms with Gasteiger partial charge in [0.15, 0.2) is 0 Å². The predicted octanol–water partition coefficient (Wildman–Crippen LogP) is 1.26. The Kier molecular flexibility index (Phi) is 6.32. The molecular weight excluding hydrogens is 374 g/mol. The lowest BCUT2D eigenvalue weighted by atomic mass is 10.0. The average molecular weight is 401 g/mol. The van der Waals surface area contributed by atoms with Gasteiger partial charge in [0.05, 0.1) is 11.1 Å². The molecule has 2 heterocycles. The van der Waals surface area contributed by atoms with Gasteiger partial charge in [-0.3, -0.25) is 24.1 Å². The molecule has 1 saturated heterocycles. The van der Waals surface area contributed by atoms with E-state index >= 15 is 0 Å². The van der Waals surface area contributed by atoms with Gasteiger partial charge in [0.2, 0.25) is 5.91 Å². The van der Waals surface area contributed by atoms with Crippen molar-refractivity contribution in [1.82, 2.24) is 14.7 Å². The largest absolute Gasteiger partial charge is 0.375 e. The van der Waals surface area contributed by atoms with Crippen LogP contribution in [0.2, 0.25) is 0 Å². The Morgan fingerprint density at radius 3 is 2.34 bits per heavy atom. The van der Waals surface area contributed by atoms with Crippen LogP contribution < -0.4 is 0 Å². The van der Waals surface area contributed by atoms with Gasteiger partial charge in [-0.1, -0.05) is 13.8 Å². The van der Waals surface area contributed by atoms with Gasteiger partial charge in [-0.25, -0.2) is 0 Å². The fraction of sp³-hybridized carbons (Fsp3) is 0.524. The molecule has 0 aliphatic carbocycles. The zero-order chi connectivity index (χ0) is 21.1. The molecule has 0 N–H and O–H groups in total. The lowest BCUT2D eigenvalue weighted by molar-refractivity contribution is -0.135. The summed E-state index contributed by atoms with van der Waals surface area (Å²) in [5.41, 5.74) is 1.01. The van der Waals surface area contributed by atoms with E-state index < -0.39 is 0 Å². The lowest BCUT2D eigenvalue weighted by Gasteiger charge is -2.22. The van der Waals surface area contributed by atoms with Crippen molar-refractivity contribution >= 4 is 23.6 Å². The number of ether oxygens (including phenoxy) is 1. The molecule has 0 aromatic heterocycles. The first-order chi connectivity index (χ1) is 13.8. The van der Waals surface area contributed by atoms with Gasteiger partial charge < -0.3 is 14.5 Å². The van der Waals surface area contributed by atoms with Crippen molar-refractivity contribution < 1.29 is 23.9 Å². The summed E-state index contributed by atoms with van der Waals surface area (Å²) >= 11 is 0. The van der Waals surface area contributed by atoms with Crippen LogP contribution in [0.5, 0.6) is 0 Å². The number of carbonyl (C=O) groups is 4. The van der Waals surface area contributed by atoms with E-state index in [1.54, 1.807) is 21.9 Å². The second-order valence-electron chi connectivity index (χ2n) is 7.83. The highest BCUT2D eigenvalue weighted by Crippen LogP contribution is 2.25. The number of methoxy groups -OCH3 is 1. The molecule has 3 rings (SSSR count). The third-order valence-electron chi connectivity index (χ3n) is 5.17. The van der Waals surface area contributed by atoms with Crippen molar-refractivity contribution in [2.24, 2.45) is 5.92 Å². The highest BCUT2D eigenvalue weighted by Gasteiger charge is 2.36. The van der Waals surface area contributed by atoms with Gasteiger partial charge in [-0.2, -0.15) is 0 Å². The van der Waals surface area contributed by atoms with Crippen molar-refractivity contribution in [1.29, 1.82) is 0 Å². The molecule has 8 nitrogen and oxygen atoms in total. The van der Waals surface area contributed by atoms with Crippen molar-refractivity contribution in [3.63, 3.8) is 0 Å². The number of nitrogens with zero attached hydrogens (tertiary/aromatic N) is 3. The Hall–Kier alpha value is -2.74. The molecule has 0 unspecified atom stereocenters. The Balaban J connectivity index is 1.73. The second-order valence-corrected chi connectivity index (χ2v) is 7.83. The van der Waals surface area contributed by atoms with Crippen LogP contribution in [-0.2, 0) is 9.53 Å². The SMILES string of the molecule is COCC(=O)N1CCCN(C(=O)c2ccc3c(c2)C(=O)N(CC(C)C)C3=O)CC1. The summed E-state index contributed by atoms with van der Waals surface area (Å²) in [4.78, 5) is 54.8. The maximum Gasteiger partial charge on any atom is 0.261 e. The molecule has 2 aliphatic rings. The van der Waals surface area contributed by atoms with Gasteiger partial charge in [0.25, 0.3) is 17.7 Å². The lowest BCUT2D eigenvalue weighted by Crippen LogP contribution is -2.38. The number of carbonyl (C=O) groups excluding carboxylic acids is 4. The molecule has 156 valence electrons. The highest BCUT2D eigenvalue weighted by atomic mass is 16.5. The molecule has 1 fully saturated rings. The molecule has 4 amide bonds. The topological polar surface area (TPSA) is 87.2 Å². The summed E-state index contributed by atoms with van der Waals surface area (Å²) in [6.45, 7) is 6.23. The molecule has 0 spiro atoms. The van der Waals surface area contributed by atoms with E-state index in [1.807, 2.05) is 13.8 Å². The number of benzene rings is 1. The summed E-state index contributed by atoms with van der Waals surface area (Å²) in [6, 6.07) is 4.69. The number of rotatable bonds is 5. The molecule has 0 atom stereocenters. The molecule has 1 aromatic carbocycles. The predicted molar refractivity (Wildman–Crippen MR) is 106 cm³/mol. The van der Waals surface area contributed by atoms with Gasteiger partial charge in [-0.15, -0.1) is 0 Å². The van der Waals surface area contributed by atoms with Crippen LogP contribution in [0, 0.1) is 5.92 Å². The van der Waals surface area contributed by atoms with E-state index in [0.717, 1.165) is 0 Å². The maximum absolute atomic E-state index is 13.0. The van der Waals surface area contributed by atoms with Crippen molar-refractivity contribution in [3.05, 3.63) is 34.9 Å². The fourth-order valence-corrected chi connectivity index (χ4v) is 3.72. The number of hydrogen-bond donors (Lipinski definition) is 0. The molecule has 0 saturated carbocycles. The third kappa shape index (κ3) is 4.32. The van der Waals surface area contributed by atoms with Crippen molar-refractivity contribution in [2.75, 3.05) is 46.4 Å². The van der Waals surface area contributed by atoms with E-state index in [9.17, 15) is 19.2 Å². The summed E-state index contributed by atoms with van der Waals surface area (Å²) < 4.78 is 4.90. The van der Waals surface area contributed by atoms with Crippen LogP contribution in [0.15, 0.2) is 18.2 Å². The average Bonchev–Trinajstić information content (AvgIpc) is 2.87. The van der Waals surface area contributed by atoms with Gasteiger partial charge in [-0.05, 0) is 30.5 Å². The van der Waals surface area contributed by atoms with Gasteiger partial charge in [0, 0.05) is 45.4 Å². The minimum absolute atomic E-state index is 0.0295. The van der Waals surface area contributed by atoms with Crippen LogP contribution in [0.3, 0.4) is 0 Å². The van der Waals surface area contributed by atoms with Crippen molar-refractivity contribution in [3.8, 4) is 0 Å². The quantitative estimate of drug-likeness (QED) is 0.694. The van der Waals surface area contributed by atoms with E-state index in [-0.39, 0.29) is 41.7 Å². The first-order valence-electron chi connectivity index (χ1n) is 9.89. The normalized spacial score (nSPS) is 17.0. The summed E-state index contributed by atoms with van der Waals surface area (Å²) in [7, 11) is 1.48. The fourth-order valence-electron chi connectivity index (χ4n) is 3.72. The molecule has 29 heavy (non-hydrogen) atoms. The van der Waals surface area contributed by atoms with Crippen LogP contribution >= 0.6 is 0 Å². The van der Waals surface area contributed by atoms with E-state index in [2.05, 4.69) is 0 Å². The van der Waals surface area contributed by atoms with Crippen LogP contribution in [0.1, 0.15) is 51.3 Å². The summed E-state index contributed by atoms with van der Waals surface area (Å²) in [5.74, 6) is -0.774. The van der Waals surface area contributed by atoms with E-state index in [4.69, 9.17) is 4.74 Å². The second kappa shape index (κ2) is 8.73. The molecule has 0 bridgehead atoms. The summed E-state index contributed by atoms with van der Waals surface area (Å²) in [5, 5.41) is 0. The Labute approximate surface area is 170 Å². The Morgan fingerprint density at radius 1 is 1.00 bits per heavy atom. The Morgan fingerprint density at radius 2 is 1.66 bits per heavy atom. The molecule has 1 aromatic rings. The van der Waals surface area contributed by atoms with Gasteiger partial charge >= 0.3 is 0 Å². The monoisotopic (exact) mass is 401 g/mol. The van der Waals surface area contributed by atoms with Crippen molar-refractivity contribution in [2.45, 2.75) is 20.3 Å². The van der Waals surface area contributed by atoms with E-state index in [1.165, 1.54) is 18.1 Å². The first kappa shape index (κ1) is 21.0. The molecule has 2 aliphatic heterocycles. The minimum Gasteiger partial charge on any atom is -0.375 e. The molecule has 0 radical (unpaired) electrons. The number of hydrogen-bond acceptors (Lipinski definition) is 5. The van der Waals surface area contributed by atoms with E-state index in [0.29, 0.717) is 50.3 Å². The summed E-state index contributed by atoms with van der Waals surface area (Å²) in [6.07, 6.45) is 0.672. The number of fused-ring (bicyclic) bond motifs is 1. The number of imide groups is 1. The van der Waals surface area contributed by atoms with Crippen LogP contribution in [0.4, 0.5) is 0 Å². The van der Waals surface area contributed by atoms with Gasteiger partial charge in [0.1, 0.15) is 6.61 Å².